The van der Waals surface area contributed by atoms with Crippen LogP contribution in [-0.4, -0.2) is 87.0 Å². The number of carbonyl (C=O) groups excluding carboxylic acids is 1. The molecule has 53 heavy (non-hydrogen) atoms. The average Bonchev–Trinajstić information content (AvgIpc) is 3.77. The molecule has 0 bridgehead atoms. The van der Waals surface area contributed by atoms with Gasteiger partial charge in [0.1, 0.15) is 42.4 Å². The summed E-state index contributed by atoms with van der Waals surface area (Å²) in [4.78, 5) is 37.3. The summed E-state index contributed by atoms with van der Waals surface area (Å²) < 4.78 is 18.6. The lowest BCUT2D eigenvalue weighted by Gasteiger charge is -2.34. The topological polar surface area (TPSA) is 112 Å². The van der Waals surface area contributed by atoms with Gasteiger partial charge in [0.25, 0.3) is 0 Å². The van der Waals surface area contributed by atoms with Crippen LogP contribution in [0.4, 0.5) is 0 Å². The second-order valence-corrected chi connectivity index (χ2v) is 14.4. The Kier molecular flexibility index (Phi) is 10.3. The van der Waals surface area contributed by atoms with Gasteiger partial charge in [-0.3, -0.25) is 14.6 Å². The molecule has 1 fully saturated rings. The molecule has 3 aromatic carbocycles. The molecule has 8 rings (SSSR count). The Morgan fingerprint density at radius 1 is 0.811 bits per heavy atom. The first kappa shape index (κ1) is 35.1. The van der Waals surface area contributed by atoms with Crippen LogP contribution in [0.25, 0.3) is 33.6 Å². The molecule has 5 heterocycles. The highest BCUT2D eigenvalue weighted by Gasteiger charge is 2.33. The van der Waals surface area contributed by atoms with Crippen molar-refractivity contribution in [2.45, 2.75) is 65.5 Å². The molecular formula is C42H49N7O4. The third kappa shape index (κ3) is 7.33. The summed E-state index contributed by atoms with van der Waals surface area (Å²) in [5.41, 5.74) is 9.25. The largest absolute Gasteiger partial charge is 0.488 e. The van der Waals surface area contributed by atoms with Gasteiger partial charge in [-0.25, -0.2) is 9.97 Å². The molecule has 0 spiro atoms. The number of hydrogen-bond donors (Lipinski definition) is 2. The molecule has 1 unspecified atom stereocenters. The summed E-state index contributed by atoms with van der Waals surface area (Å²) in [5.74, 6) is 3.50. The van der Waals surface area contributed by atoms with Crippen LogP contribution in [0.15, 0.2) is 67.0 Å². The first-order valence-electron chi connectivity index (χ1n) is 19.0. The van der Waals surface area contributed by atoms with E-state index in [0.29, 0.717) is 32.9 Å². The summed E-state index contributed by atoms with van der Waals surface area (Å²) in [7, 11) is 2.12. The highest BCUT2D eigenvalue weighted by atomic mass is 16.5. The van der Waals surface area contributed by atoms with Crippen molar-refractivity contribution in [3.8, 4) is 45.1 Å². The fourth-order valence-electron chi connectivity index (χ4n) is 7.95. The van der Waals surface area contributed by atoms with Crippen LogP contribution in [-0.2, 0) is 35.8 Å². The van der Waals surface area contributed by atoms with E-state index in [2.05, 4.69) is 82.0 Å². The van der Waals surface area contributed by atoms with Gasteiger partial charge in [0.2, 0.25) is 5.91 Å². The van der Waals surface area contributed by atoms with E-state index < -0.39 is 0 Å². The molecule has 1 atom stereocenters. The second-order valence-electron chi connectivity index (χ2n) is 14.4. The van der Waals surface area contributed by atoms with Crippen molar-refractivity contribution in [2.75, 3.05) is 46.4 Å². The SMILES string of the molecule is CCCN(C)Cc1ncc(-c2cc3c4c(c2)OCc2cc(-c5cnc(CN(CCC)C(=O)C(c6ccccc6)N6CCCOCC6)[nH]5)cc(c2-4)OC3)[nH]1. The van der Waals surface area contributed by atoms with E-state index in [1.54, 1.807) is 0 Å². The molecule has 2 N–H and O–H groups in total. The Hall–Kier alpha value is -4.97. The number of nitrogens with one attached hydrogen (secondary N) is 2. The number of aromatic nitrogens is 4. The van der Waals surface area contributed by atoms with Gasteiger partial charge in [-0.2, -0.15) is 0 Å². The number of benzene rings is 3. The van der Waals surface area contributed by atoms with Gasteiger partial charge in [-0.15, -0.1) is 0 Å². The Morgan fingerprint density at radius 3 is 2.06 bits per heavy atom. The van der Waals surface area contributed by atoms with Crippen LogP contribution in [0.1, 0.15) is 67.5 Å². The molecule has 0 aliphatic carbocycles. The monoisotopic (exact) mass is 715 g/mol. The minimum atomic E-state index is -0.372. The van der Waals surface area contributed by atoms with Gasteiger partial charge in [0.15, 0.2) is 0 Å². The van der Waals surface area contributed by atoms with Crippen molar-refractivity contribution >= 4 is 5.91 Å². The Balaban J connectivity index is 1.03. The van der Waals surface area contributed by atoms with E-state index in [1.807, 2.05) is 35.5 Å². The molecule has 0 saturated carbocycles. The lowest BCUT2D eigenvalue weighted by molar-refractivity contribution is -0.138. The second kappa shape index (κ2) is 15.6. The van der Waals surface area contributed by atoms with E-state index in [-0.39, 0.29) is 11.9 Å². The molecule has 0 radical (unpaired) electrons. The van der Waals surface area contributed by atoms with Crippen LogP contribution in [0, 0.1) is 0 Å². The number of carbonyl (C=O) groups is 1. The van der Waals surface area contributed by atoms with Crippen molar-refractivity contribution in [3.63, 3.8) is 0 Å². The summed E-state index contributed by atoms with van der Waals surface area (Å²) in [6.07, 6.45) is 6.62. The molecule has 2 aromatic heterocycles. The van der Waals surface area contributed by atoms with Crippen molar-refractivity contribution in [1.29, 1.82) is 0 Å². The normalized spacial score (nSPS) is 15.7. The van der Waals surface area contributed by atoms with Crippen molar-refractivity contribution in [3.05, 3.63) is 95.3 Å². The number of H-pyrrole nitrogens is 2. The highest BCUT2D eigenvalue weighted by Crippen LogP contribution is 2.50. The zero-order valence-electron chi connectivity index (χ0n) is 31.0. The maximum absolute atomic E-state index is 14.4. The molecule has 11 nitrogen and oxygen atoms in total. The predicted molar refractivity (Wildman–Crippen MR) is 204 cm³/mol. The smallest absolute Gasteiger partial charge is 0.244 e. The van der Waals surface area contributed by atoms with Gasteiger partial charge in [-0.05, 0) is 62.7 Å². The molecule has 11 heteroatoms. The maximum Gasteiger partial charge on any atom is 0.244 e. The first-order chi connectivity index (χ1) is 26.0. The van der Waals surface area contributed by atoms with Crippen molar-refractivity contribution in [2.24, 2.45) is 0 Å². The van der Waals surface area contributed by atoms with E-state index in [9.17, 15) is 4.79 Å². The summed E-state index contributed by atoms with van der Waals surface area (Å²) in [6, 6.07) is 18.3. The number of hydrogen-bond acceptors (Lipinski definition) is 8. The molecule has 1 amide bonds. The number of amides is 1. The van der Waals surface area contributed by atoms with Gasteiger partial charge in [-0.1, -0.05) is 44.2 Å². The minimum absolute atomic E-state index is 0.0897. The molecule has 3 aliphatic heterocycles. The Labute approximate surface area is 311 Å². The average molecular weight is 716 g/mol. The number of rotatable bonds is 13. The van der Waals surface area contributed by atoms with E-state index in [4.69, 9.17) is 19.2 Å². The Morgan fingerprint density at radius 2 is 1.43 bits per heavy atom. The molecule has 3 aliphatic rings. The van der Waals surface area contributed by atoms with Gasteiger partial charge in [0.05, 0.1) is 43.5 Å². The fraction of sp³-hybridized carbons (Fsp3) is 0.405. The number of nitrogens with zero attached hydrogens (tertiary/aromatic N) is 5. The Bertz CT molecular complexity index is 2000. The third-order valence-corrected chi connectivity index (χ3v) is 10.4. The molecule has 1 saturated heterocycles. The summed E-state index contributed by atoms with van der Waals surface area (Å²) in [5, 5.41) is 0. The van der Waals surface area contributed by atoms with E-state index >= 15 is 0 Å². The minimum Gasteiger partial charge on any atom is -0.488 e. The first-order valence-corrected chi connectivity index (χ1v) is 19.0. The van der Waals surface area contributed by atoms with Crippen LogP contribution in [0.2, 0.25) is 0 Å². The molecule has 276 valence electrons. The predicted octanol–water partition coefficient (Wildman–Crippen LogP) is 6.96. The maximum atomic E-state index is 14.4. The van der Waals surface area contributed by atoms with E-state index in [0.717, 1.165) is 126 Å². The van der Waals surface area contributed by atoms with Crippen LogP contribution >= 0.6 is 0 Å². The zero-order chi connectivity index (χ0) is 36.3. The third-order valence-electron chi connectivity index (χ3n) is 10.4. The van der Waals surface area contributed by atoms with Crippen LogP contribution in [0.5, 0.6) is 11.5 Å². The van der Waals surface area contributed by atoms with Crippen LogP contribution in [0.3, 0.4) is 0 Å². The molecule has 5 aromatic rings. The number of aromatic amines is 2. The lowest BCUT2D eigenvalue weighted by Crippen LogP contribution is -2.44. The summed E-state index contributed by atoms with van der Waals surface area (Å²) in [6.45, 7) is 10.9. The van der Waals surface area contributed by atoms with Crippen molar-refractivity contribution in [1.82, 2.24) is 34.6 Å². The van der Waals surface area contributed by atoms with Gasteiger partial charge < -0.3 is 29.1 Å². The van der Waals surface area contributed by atoms with E-state index in [1.165, 1.54) is 0 Å². The zero-order valence-corrected chi connectivity index (χ0v) is 31.0. The summed E-state index contributed by atoms with van der Waals surface area (Å²) >= 11 is 0. The molecular weight excluding hydrogens is 667 g/mol. The van der Waals surface area contributed by atoms with Gasteiger partial charge in [0, 0.05) is 59.6 Å². The number of imidazole rings is 2. The quantitative estimate of drug-likeness (QED) is 0.135. The number of ether oxygens (including phenoxy) is 3. The van der Waals surface area contributed by atoms with Crippen molar-refractivity contribution < 1.29 is 19.0 Å². The highest BCUT2D eigenvalue weighted by molar-refractivity contribution is 5.88. The fourth-order valence-corrected chi connectivity index (χ4v) is 7.95. The van der Waals surface area contributed by atoms with Gasteiger partial charge >= 0.3 is 0 Å². The standard InChI is InChI=1S/C42H49N7O4/c1-4-12-47(3)24-37-43-22-33(45-37)29-18-31-26-53-36-21-30(19-32-27-52-35(20-29)39(31)40(32)36)34-23-44-38(46-34)25-49(13-5-2)42(50)41(28-10-7-6-8-11-28)48-14-9-16-51-17-15-48/h6-8,10-11,18-23,41H,4-5,9,12-17,24-27H2,1-3H3,(H,43,45)(H,44,46). The lowest BCUT2D eigenvalue weighted by atomic mass is 9.87. The van der Waals surface area contributed by atoms with Crippen LogP contribution < -0.4 is 9.47 Å².